The molecule has 0 radical (unpaired) electrons. The first kappa shape index (κ1) is 18.1. The number of nitrogens with zero attached hydrogens (tertiary/aromatic N) is 5. The molecule has 2 aliphatic rings. The Bertz CT molecular complexity index is 801. The van der Waals surface area contributed by atoms with E-state index in [1.54, 1.807) is 11.1 Å². The molecule has 2 aromatic heterocycles. The van der Waals surface area contributed by atoms with Crippen molar-refractivity contribution in [2.24, 2.45) is 0 Å². The Morgan fingerprint density at radius 1 is 1.19 bits per heavy atom. The van der Waals surface area contributed by atoms with Crippen molar-refractivity contribution in [2.75, 3.05) is 37.6 Å². The third-order valence-electron chi connectivity index (χ3n) is 5.03. The van der Waals surface area contributed by atoms with Crippen LogP contribution < -0.4 is 4.90 Å². The van der Waals surface area contributed by atoms with Crippen molar-refractivity contribution >= 4 is 28.3 Å². The van der Waals surface area contributed by atoms with Crippen molar-refractivity contribution in [3.05, 3.63) is 41.2 Å². The van der Waals surface area contributed by atoms with Gasteiger partial charge in [-0.2, -0.15) is 0 Å². The molecule has 0 spiro atoms. The average Bonchev–Trinajstić information content (AvgIpc) is 3.32. The van der Waals surface area contributed by atoms with E-state index in [1.807, 2.05) is 22.5 Å². The maximum atomic E-state index is 12.6. The Morgan fingerprint density at radius 2 is 2.04 bits per heavy atom. The van der Waals surface area contributed by atoms with Crippen molar-refractivity contribution < 1.29 is 9.59 Å². The van der Waals surface area contributed by atoms with Crippen LogP contribution in [0, 0.1) is 0 Å². The number of hydrogen-bond acceptors (Lipinski definition) is 6. The summed E-state index contributed by atoms with van der Waals surface area (Å²) in [6, 6.07) is 4.03. The van der Waals surface area contributed by atoms with Gasteiger partial charge in [0.05, 0.1) is 12.1 Å². The lowest BCUT2D eigenvalue weighted by Gasteiger charge is -2.34. The number of carbonyl (C=O) groups is 2. The maximum absolute atomic E-state index is 12.6. The molecule has 0 saturated carbocycles. The molecule has 0 atom stereocenters. The summed E-state index contributed by atoms with van der Waals surface area (Å²) in [7, 11) is 0. The minimum atomic E-state index is 0.112. The van der Waals surface area contributed by atoms with Gasteiger partial charge in [0.15, 0.2) is 5.13 Å². The van der Waals surface area contributed by atoms with Crippen LogP contribution in [0.2, 0.25) is 0 Å². The van der Waals surface area contributed by atoms with Crippen LogP contribution in [0.3, 0.4) is 0 Å². The summed E-state index contributed by atoms with van der Waals surface area (Å²) in [6.45, 7) is 4.81. The third kappa shape index (κ3) is 4.33. The van der Waals surface area contributed by atoms with Gasteiger partial charge in [0.1, 0.15) is 0 Å². The zero-order chi connectivity index (χ0) is 18.6. The molecule has 2 amide bonds. The molecule has 0 N–H and O–H groups in total. The van der Waals surface area contributed by atoms with E-state index in [2.05, 4.69) is 20.9 Å². The van der Waals surface area contributed by atoms with Gasteiger partial charge >= 0.3 is 0 Å². The van der Waals surface area contributed by atoms with Gasteiger partial charge in [0.2, 0.25) is 11.8 Å². The fourth-order valence-electron chi connectivity index (χ4n) is 3.52. The van der Waals surface area contributed by atoms with Crippen molar-refractivity contribution in [1.29, 1.82) is 0 Å². The number of carbonyl (C=O) groups excluding carboxylic acids is 2. The first-order valence-electron chi connectivity index (χ1n) is 9.33. The molecular formula is C19H23N5O2S. The highest BCUT2D eigenvalue weighted by Crippen LogP contribution is 2.25. The zero-order valence-electron chi connectivity index (χ0n) is 15.2. The second kappa shape index (κ2) is 8.14. The van der Waals surface area contributed by atoms with Crippen LogP contribution >= 0.6 is 11.3 Å². The molecule has 0 unspecified atom stereocenters. The van der Waals surface area contributed by atoms with E-state index in [1.165, 1.54) is 16.9 Å². The fraction of sp³-hybridized carbons (Fsp3) is 0.474. The minimum absolute atomic E-state index is 0.112. The molecule has 2 aliphatic heterocycles. The molecular weight excluding hydrogens is 362 g/mol. The second-order valence-corrected chi connectivity index (χ2v) is 7.80. The largest absolute Gasteiger partial charge is 0.340 e. The van der Waals surface area contributed by atoms with Crippen molar-refractivity contribution in [2.45, 2.75) is 25.8 Å². The molecule has 27 heavy (non-hydrogen) atoms. The van der Waals surface area contributed by atoms with Gasteiger partial charge in [0, 0.05) is 63.5 Å². The molecule has 0 aromatic carbocycles. The highest BCUT2D eigenvalue weighted by Gasteiger charge is 2.26. The molecule has 4 rings (SSSR count). The fourth-order valence-corrected chi connectivity index (χ4v) is 4.39. The van der Waals surface area contributed by atoms with Crippen LogP contribution in [0.1, 0.15) is 24.1 Å². The van der Waals surface area contributed by atoms with E-state index in [4.69, 9.17) is 0 Å². The van der Waals surface area contributed by atoms with Gasteiger partial charge in [-0.3, -0.25) is 24.4 Å². The summed E-state index contributed by atoms with van der Waals surface area (Å²) in [5.41, 5.74) is 1.96. The van der Waals surface area contributed by atoms with Gasteiger partial charge in [-0.05, 0) is 18.1 Å². The standard InChI is InChI=1S/C19H23N5O2S/c25-17-4-2-6-24(17)19-21-16(14-27-19)11-18(26)23-9-7-22(8-10-23)13-15-3-1-5-20-12-15/h1,3,5,12,14H,2,4,6-11,13H2. The highest BCUT2D eigenvalue weighted by atomic mass is 32.1. The molecule has 2 saturated heterocycles. The molecule has 2 fully saturated rings. The normalized spacial score (nSPS) is 18.3. The average molecular weight is 385 g/mol. The van der Waals surface area contributed by atoms with Gasteiger partial charge < -0.3 is 4.90 Å². The van der Waals surface area contributed by atoms with Gasteiger partial charge in [-0.25, -0.2) is 4.98 Å². The minimum Gasteiger partial charge on any atom is -0.340 e. The summed E-state index contributed by atoms with van der Waals surface area (Å²) >= 11 is 1.45. The molecule has 2 aromatic rings. The maximum Gasteiger partial charge on any atom is 0.228 e. The second-order valence-electron chi connectivity index (χ2n) is 6.97. The van der Waals surface area contributed by atoms with Crippen molar-refractivity contribution in [3.63, 3.8) is 0 Å². The van der Waals surface area contributed by atoms with Gasteiger partial charge in [-0.15, -0.1) is 11.3 Å². The third-order valence-corrected chi connectivity index (χ3v) is 5.94. The van der Waals surface area contributed by atoms with Crippen LogP contribution in [-0.4, -0.2) is 64.3 Å². The molecule has 142 valence electrons. The first-order valence-corrected chi connectivity index (χ1v) is 10.2. The van der Waals surface area contributed by atoms with Crippen LogP contribution in [0.4, 0.5) is 5.13 Å². The smallest absolute Gasteiger partial charge is 0.228 e. The number of hydrogen-bond donors (Lipinski definition) is 0. The summed E-state index contributed by atoms with van der Waals surface area (Å²) in [4.78, 5) is 39.1. The lowest BCUT2D eigenvalue weighted by molar-refractivity contribution is -0.132. The molecule has 4 heterocycles. The van der Waals surface area contributed by atoms with E-state index >= 15 is 0 Å². The van der Waals surface area contributed by atoms with Gasteiger partial charge in [0.25, 0.3) is 0 Å². The van der Waals surface area contributed by atoms with E-state index in [-0.39, 0.29) is 11.8 Å². The topological polar surface area (TPSA) is 69.6 Å². The first-order chi connectivity index (χ1) is 13.2. The Labute approximate surface area is 162 Å². The Hall–Kier alpha value is -2.32. The number of rotatable bonds is 5. The van der Waals surface area contributed by atoms with Crippen molar-refractivity contribution in [1.82, 2.24) is 19.8 Å². The quantitative estimate of drug-likeness (QED) is 0.781. The van der Waals surface area contributed by atoms with E-state index in [9.17, 15) is 9.59 Å². The Morgan fingerprint density at radius 3 is 2.74 bits per heavy atom. The molecule has 8 heteroatoms. The SMILES string of the molecule is O=C(Cc1csc(N2CCCC2=O)n1)N1CCN(Cc2cccnc2)CC1. The number of aromatic nitrogens is 2. The number of amides is 2. The van der Waals surface area contributed by atoms with Crippen molar-refractivity contribution in [3.8, 4) is 0 Å². The summed E-state index contributed by atoms with van der Waals surface area (Å²) in [5, 5.41) is 2.62. The molecule has 0 bridgehead atoms. The molecule has 0 aliphatic carbocycles. The number of thiazole rings is 1. The summed E-state index contributed by atoms with van der Waals surface area (Å²) < 4.78 is 0. The summed E-state index contributed by atoms with van der Waals surface area (Å²) in [5.74, 6) is 0.243. The van der Waals surface area contributed by atoms with Crippen LogP contribution in [-0.2, 0) is 22.6 Å². The van der Waals surface area contributed by atoms with E-state index in [0.717, 1.165) is 56.5 Å². The Balaban J connectivity index is 1.27. The lowest BCUT2D eigenvalue weighted by atomic mass is 10.2. The zero-order valence-corrected chi connectivity index (χ0v) is 16.0. The number of pyridine rings is 1. The number of piperazine rings is 1. The number of anilines is 1. The van der Waals surface area contributed by atoms with Gasteiger partial charge in [-0.1, -0.05) is 6.07 Å². The summed E-state index contributed by atoms with van der Waals surface area (Å²) in [6.07, 6.45) is 5.46. The Kier molecular flexibility index (Phi) is 5.45. The van der Waals surface area contributed by atoms with Crippen LogP contribution in [0.25, 0.3) is 0 Å². The monoisotopic (exact) mass is 385 g/mol. The van der Waals surface area contributed by atoms with E-state index < -0.39 is 0 Å². The predicted octanol–water partition coefficient (Wildman–Crippen LogP) is 1.55. The van der Waals surface area contributed by atoms with E-state index in [0.29, 0.717) is 12.8 Å². The highest BCUT2D eigenvalue weighted by molar-refractivity contribution is 7.14. The molecule has 7 nitrogen and oxygen atoms in total. The lowest BCUT2D eigenvalue weighted by Crippen LogP contribution is -2.48. The van der Waals surface area contributed by atoms with Crippen LogP contribution in [0.15, 0.2) is 29.9 Å². The predicted molar refractivity (Wildman–Crippen MR) is 103 cm³/mol. The van der Waals surface area contributed by atoms with Crippen LogP contribution in [0.5, 0.6) is 0 Å².